The largest absolute Gasteiger partial charge is 0.493 e. The maximum atomic E-state index is 14.0. The van der Waals surface area contributed by atoms with E-state index in [1.54, 1.807) is 43.6 Å². The van der Waals surface area contributed by atoms with Crippen molar-refractivity contribution >= 4 is 26.9 Å². The van der Waals surface area contributed by atoms with Crippen molar-refractivity contribution in [3.8, 4) is 11.5 Å². The Balaban J connectivity index is 1.88. The maximum absolute atomic E-state index is 14.0. The minimum absolute atomic E-state index is 0.125. The molecule has 2 heterocycles. The predicted molar refractivity (Wildman–Crippen MR) is 123 cm³/mol. The highest BCUT2D eigenvalue weighted by molar-refractivity contribution is 7.89. The van der Waals surface area contributed by atoms with Crippen molar-refractivity contribution in [2.45, 2.75) is 30.7 Å². The number of methoxy groups -OCH3 is 3. The molecule has 0 spiro atoms. The zero-order valence-corrected chi connectivity index (χ0v) is 19.8. The summed E-state index contributed by atoms with van der Waals surface area (Å²) in [6.07, 6.45) is 1.98. The zero-order chi connectivity index (χ0) is 23.8. The molecule has 0 saturated heterocycles. The number of carbonyl (C=O) groups is 1. The molecular weight excluding hydrogens is 444 g/mol. The molecule has 0 bridgehead atoms. The van der Waals surface area contributed by atoms with Crippen LogP contribution in [0.25, 0.3) is 10.9 Å². The number of pyridine rings is 1. The second-order valence-corrected chi connectivity index (χ2v) is 9.71. The van der Waals surface area contributed by atoms with Crippen LogP contribution in [0.15, 0.2) is 47.5 Å². The van der Waals surface area contributed by atoms with Crippen LogP contribution in [-0.2, 0) is 26.0 Å². The standard InChI is InChI=1S/C24H26N2O6S/c1-15-7-8-22(17-6-5-10-25-24(15)17)33(28,29)26-11-9-16-12-20(30-2)21(31-3)13-18(16)19(26)14-23(27)32-4/h5-8,10,12-13,19H,9,11,14H2,1-4H3. The van der Waals surface area contributed by atoms with E-state index >= 15 is 0 Å². The molecular formula is C24H26N2O6S. The number of esters is 1. The van der Waals surface area contributed by atoms with Gasteiger partial charge in [0, 0.05) is 18.1 Å². The number of aromatic nitrogens is 1. The van der Waals surface area contributed by atoms with E-state index in [0.717, 1.165) is 11.1 Å². The van der Waals surface area contributed by atoms with E-state index in [-0.39, 0.29) is 17.9 Å². The third-order valence-electron chi connectivity index (χ3n) is 6.06. The lowest BCUT2D eigenvalue weighted by molar-refractivity contribution is -0.141. The van der Waals surface area contributed by atoms with Crippen molar-refractivity contribution in [2.24, 2.45) is 0 Å². The first-order chi connectivity index (χ1) is 15.8. The van der Waals surface area contributed by atoms with Crippen LogP contribution in [0.4, 0.5) is 0 Å². The normalized spacial score (nSPS) is 16.3. The third kappa shape index (κ3) is 4.02. The minimum Gasteiger partial charge on any atom is -0.493 e. The molecule has 0 amide bonds. The second-order valence-electron chi connectivity index (χ2n) is 7.85. The van der Waals surface area contributed by atoms with E-state index in [2.05, 4.69) is 4.98 Å². The van der Waals surface area contributed by atoms with Gasteiger partial charge >= 0.3 is 5.97 Å². The Bertz CT molecular complexity index is 1320. The summed E-state index contributed by atoms with van der Waals surface area (Å²) in [6.45, 7) is 2.10. The zero-order valence-electron chi connectivity index (χ0n) is 19.0. The van der Waals surface area contributed by atoms with Crippen LogP contribution in [0.1, 0.15) is 29.2 Å². The van der Waals surface area contributed by atoms with Crippen LogP contribution in [0.3, 0.4) is 0 Å². The fraction of sp³-hybridized carbons (Fsp3) is 0.333. The molecule has 0 saturated carbocycles. The predicted octanol–water partition coefficient (Wildman–Crippen LogP) is 3.41. The molecule has 3 aromatic rings. The number of ether oxygens (including phenoxy) is 3. The summed E-state index contributed by atoms with van der Waals surface area (Å²) in [6, 6.07) is 9.67. The lowest BCUT2D eigenvalue weighted by Crippen LogP contribution is -2.41. The average Bonchev–Trinajstić information content (AvgIpc) is 2.83. The molecule has 33 heavy (non-hydrogen) atoms. The van der Waals surface area contributed by atoms with Gasteiger partial charge in [-0.1, -0.05) is 6.07 Å². The fourth-order valence-electron chi connectivity index (χ4n) is 4.38. The molecule has 1 atom stereocenters. The topological polar surface area (TPSA) is 95.0 Å². The molecule has 0 aliphatic carbocycles. The summed E-state index contributed by atoms with van der Waals surface area (Å²) >= 11 is 0. The molecule has 9 heteroatoms. The van der Waals surface area contributed by atoms with E-state index in [0.29, 0.717) is 34.4 Å². The van der Waals surface area contributed by atoms with E-state index in [4.69, 9.17) is 14.2 Å². The number of fused-ring (bicyclic) bond motifs is 2. The number of hydrogen-bond acceptors (Lipinski definition) is 7. The van der Waals surface area contributed by atoms with Gasteiger partial charge < -0.3 is 14.2 Å². The second kappa shape index (κ2) is 8.99. The van der Waals surface area contributed by atoms with E-state index in [9.17, 15) is 13.2 Å². The van der Waals surface area contributed by atoms with E-state index in [1.807, 2.05) is 13.0 Å². The lowest BCUT2D eigenvalue weighted by Gasteiger charge is -2.36. The van der Waals surface area contributed by atoms with Crippen LogP contribution in [0.2, 0.25) is 0 Å². The summed E-state index contributed by atoms with van der Waals surface area (Å²) < 4.78 is 45.1. The lowest BCUT2D eigenvalue weighted by atomic mass is 9.91. The van der Waals surface area contributed by atoms with Crippen LogP contribution >= 0.6 is 0 Å². The molecule has 2 aromatic carbocycles. The first kappa shape index (κ1) is 23.0. The SMILES string of the molecule is COC(=O)CC1c2cc(OC)c(OC)cc2CCN1S(=O)(=O)c1ccc(C)c2ncccc12. The summed E-state index contributed by atoms with van der Waals surface area (Å²) in [7, 11) is 0.382. The summed E-state index contributed by atoms with van der Waals surface area (Å²) in [5, 5.41) is 0.549. The Hall–Kier alpha value is -3.17. The number of hydrogen-bond donors (Lipinski definition) is 0. The van der Waals surface area contributed by atoms with Gasteiger partial charge in [-0.15, -0.1) is 0 Å². The average molecular weight is 471 g/mol. The maximum Gasteiger partial charge on any atom is 0.307 e. The molecule has 1 aliphatic rings. The van der Waals surface area contributed by atoms with Crippen LogP contribution in [-0.4, -0.2) is 51.6 Å². The molecule has 0 radical (unpaired) electrons. The van der Waals surface area contributed by atoms with Gasteiger partial charge in [0.05, 0.1) is 44.2 Å². The Kier molecular flexibility index (Phi) is 6.27. The van der Waals surface area contributed by atoms with Crippen molar-refractivity contribution in [3.63, 3.8) is 0 Å². The van der Waals surface area contributed by atoms with E-state index < -0.39 is 22.0 Å². The van der Waals surface area contributed by atoms with Crippen LogP contribution in [0, 0.1) is 6.92 Å². The van der Waals surface area contributed by atoms with Gasteiger partial charge in [-0.25, -0.2) is 8.42 Å². The van der Waals surface area contributed by atoms with E-state index in [1.165, 1.54) is 18.5 Å². The smallest absolute Gasteiger partial charge is 0.307 e. The van der Waals surface area contributed by atoms with Gasteiger partial charge in [-0.05, 0) is 60.4 Å². The molecule has 1 aliphatic heterocycles. The molecule has 174 valence electrons. The number of sulfonamides is 1. The number of benzene rings is 2. The van der Waals surface area contributed by atoms with Crippen molar-refractivity contribution in [2.75, 3.05) is 27.9 Å². The molecule has 4 rings (SSSR count). The Morgan fingerprint density at radius 2 is 1.85 bits per heavy atom. The minimum atomic E-state index is -3.97. The molecule has 0 fully saturated rings. The fourth-order valence-corrected chi connectivity index (χ4v) is 6.17. The van der Waals surface area contributed by atoms with Crippen LogP contribution in [0.5, 0.6) is 11.5 Å². The first-order valence-corrected chi connectivity index (χ1v) is 11.9. The molecule has 1 unspecified atom stereocenters. The molecule has 0 N–H and O–H groups in total. The highest BCUT2D eigenvalue weighted by atomic mass is 32.2. The summed E-state index contributed by atoms with van der Waals surface area (Å²) in [5.41, 5.74) is 3.12. The van der Waals surface area contributed by atoms with Gasteiger partial charge in [-0.3, -0.25) is 9.78 Å². The van der Waals surface area contributed by atoms with Gasteiger partial charge in [0.1, 0.15) is 0 Å². The highest BCUT2D eigenvalue weighted by Crippen LogP contribution is 2.42. The Morgan fingerprint density at radius 3 is 2.55 bits per heavy atom. The number of nitrogens with zero attached hydrogens (tertiary/aromatic N) is 2. The van der Waals surface area contributed by atoms with Crippen molar-refractivity contribution in [1.29, 1.82) is 0 Å². The third-order valence-corrected chi connectivity index (χ3v) is 8.03. The van der Waals surface area contributed by atoms with Gasteiger partial charge in [0.25, 0.3) is 0 Å². The molecule has 8 nitrogen and oxygen atoms in total. The highest BCUT2D eigenvalue weighted by Gasteiger charge is 2.39. The Labute approximate surface area is 193 Å². The first-order valence-electron chi connectivity index (χ1n) is 10.5. The number of carbonyl (C=O) groups excluding carboxylic acids is 1. The monoisotopic (exact) mass is 470 g/mol. The van der Waals surface area contributed by atoms with Crippen molar-refractivity contribution < 1.29 is 27.4 Å². The van der Waals surface area contributed by atoms with Gasteiger partial charge in [0.2, 0.25) is 10.0 Å². The van der Waals surface area contributed by atoms with Gasteiger partial charge in [0.15, 0.2) is 11.5 Å². The Morgan fingerprint density at radius 1 is 1.12 bits per heavy atom. The van der Waals surface area contributed by atoms with Crippen molar-refractivity contribution in [3.05, 3.63) is 59.3 Å². The summed E-state index contributed by atoms with van der Waals surface area (Å²) in [4.78, 5) is 16.9. The van der Waals surface area contributed by atoms with Crippen LogP contribution < -0.4 is 9.47 Å². The summed E-state index contributed by atoms with van der Waals surface area (Å²) in [5.74, 6) is 0.522. The molecule has 1 aromatic heterocycles. The quantitative estimate of drug-likeness (QED) is 0.510. The number of aryl methyl sites for hydroxylation is 1. The van der Waals surface area contributed by atoms with Crippen molar-refractivity contribution in [1.82, 2.24) is 9.29 Å². The van der Waals surface area contributed by atoms with Gasteiger partial charge in [-0.2, -0.15) is 4.31 Å². The number of rotatable bonds is 6.